The van der Waals surface area contributed by atoms with Crippen LogP contribution in [0.25, 0.3) is 0 Å². The highest BCUT2D eigenvalue weighted by atomic mass is 19.4. The number of amides is 1. The molecule has 0 radical (unpaired) electrons. The first-order valence-electron chi connectivity index (χ1n) is 11.6. The molecule has 1 aromatic heterocycles. The van der Waals surface area contributed by atoms with E-state index in [1.165, 1.54) is 11.6 Å². The molecule has 1 aromatic carbocycles. The minimum absolute atomic E-state index is 0.0543. The van der Waals surface area contributed by atoms with E-state index in [2.05, 4.69) is 34.1 Å². The Morgan fingerprint density at radius 3 is 2.33 bits per heavy atom. The van der Waals surface area contributed by atoms with Crippen molar-refractivity contribution in [2.75, 3.05) is 26.2 Å². The smallest absolute Gasteiger partial charge is 0.357 e. The minimum Gasteiger partial charge on any atom is -0.357 e. The van der Waals surface area contributed by atoms with Crippen molar-refractivity contribution in [2.24, 2.45) is 0 Å². The average Bonchev–Trinajstić information content (AvgIpc) is 3.57. The van der Waals surface area contributed by atoms with Crippen LogP contribution in [-0.4, -0.2) is 58.1 Å². The summed E-state index contributed by atoms with van der Waals surface area (Å²) >= 11 is 0. The van der Waals surface area contributed by atoms with Crippen LogP contribution in [0.3, 0.4) is 0 Å². The molecule has 3 aliphatic rings. The zero-order valence-corrected chi connectivity index (χ0v) is 18.5. The van der Waals surface area contributed by atoms with Crippen molar-refractivity contribution in [1.82, 2.24) is 14.8 Å². The molecule has 3 heterocycles. The van der Waals surface area contributed by atoms with Crippen molar-refractivity contribution in [2.45, 2.75) is 56.0 Å². The van der Waals surface area contributed by atoms with Crippen molar-refractivity contribution >= 4 is 5.91 Å². The highest BCUT2D eigenvalue weighted by Gasteiger charge is 2.61. The molecular formula is C25H28F3N3O2. The van der Waals surface area contributed by atoms with Gasteiger partial charge in [-0.3, -0.25) is 9.78 Å². The molecule has 8 heteroatoms. The van der Waals surface area contributed by atoms with Gasteiger partial charge in [0.25, 0.3) is 5.91 Å². The van der Waals surface area contributed by atoms with Gasteiger partial charge in [-0.15, -0.1) is 0 Å². The van der Waals surface area contributed by atoms with Crippen molar-refractivity contribution in [3.8, 4) is 0 Å². The summed E-state index contributed by atoms with van der Waals surface area (Å²) in [5, 5.41) is 0. The molecule has 2 aliphatic heterocycles. The molecule has 3 fully saturated rings. The second-order valence-electron chi connectivity index (χ2n) is 9.55. The molecule has 1 aliphatic carbocycles. The number of nitrogens with zero attached hydrogens (tertiary/aromatic N) is 3. The lowest BCUT2D eigenvalue weighted by atomic mass is 9.87. The highest BCUT2D eigenvalue weighted by molar-refractivity contribution is 5.89. The van der Waals surface area contributed by atoms with Gasteiger partial charge in [0.1, 0.15) is 5.60 Å². The van der Waals surface area contributed by atoms with E-state index in [-0.39, 0.29) is 18.1 Å². The molecule has 176 valence electrons. The topological polar surface area (TPSA) is 45.7 Å². The van der Waals surface area contributed by atoms with Crippen LogP contribution >= 0.6 is 0 Å². The Balaban J connectivity index is 1.23. The fourth-order valence-electron chi connectivity index (χ4n) is 5.01. The molecule has 0 bridgehead atoms. The van der Waals surface area contributed by atoms with Crippen LogP contribution in [0, 0.1) is 0 Å². The zero-order valence-electron chi connectivity index (χ0n) is 18.5. The maximum atomic E-state index is 13.1. The van der Waals surface area contributed by atoms with E-state index in [0.717, 1.165) is 51.2 Å². The van der Waals surface area contributed by atoms with Crippen LogP contribution < -0.4 is 0 Å². The second-order valence-corrected chi connectivity index (χ2v) is 9.55. The molecule has 0 atom stereocenters. The van der Waals surface area contributed by atoms with Gasteiger partial charge in [0.05, 0.1) is 29.9 Å². The van der Waals surface area contributed by atoms with Gasteiger partial charge in [0, 0.05) is 25.8 Å². The Morgan fingerprint density at radius 2 is 1.73 bits per heavy atom. The first-order chi connectivity index (χ1) is 15.8. The van der Waals surface area contributed by atoms with E-state index in [9.17, 15) is 18.0 Å². The predicted octanol–water partition coefficient (Wildman–Crippen LogP) is 4.07. The molecule has 2 saturated heterocycles. The van der Waals surface area contributed by atoms with Gasteiger partial charge < -0.3 is 14.5 Å². The van der Waals surface area contributed by atoms with E-state index in [4.69, 9.17) is 4.74 Å². The molecule has 0 unspecified atom stereocenters. The van der Waals surface area contributed by atoms with Crippen molar-refractivity contribution in [3.05, 3.63) is 65.5 Å². The zero-order chi connectivity index (χ0) is 23.1. The number of pyridine rings is 1. The normalized spacial score (nSPS) is 22.2. The third-order valence-electron chi connectivity index (χ3n) is 7.10. The van der Waals surface area contributed by atoms with E-state index in [0.29, 0.717) is 25.1 Å². The molecule has 2 spiro atoms. The highest BCUT2D eigenvalue weighted by Crippen LogP contribution is 2.50. The summed E-state index contributed by atoms with van der Waals surface area (Å²) in [5.41, 5.74) is -0.123. The molecule has 5 nitrogen and oxygen atoms in total. The molecular weight excluding hydrogens is 431 g/mol. The molecule has 1 amide bonds. The summed E-state index contributed by atoms with van der Waals surface area (Å²) < 4.78 is 45.0. The first-order valence-corrected chi connectivity index (χ1v) is 11.6. The number of carbonyl (C=O) groups is 1. The number of aromatic nitrogens is 1. The number of hydrogen-bond acceptors (Lipinski definition) is 4. The van der Waals surface area contributed by atoms with Crippen LogP contribution in [0.15, 0.2) is 48.7 Å². The number of morpholine rings is 1. The second kappa shape index (κ2) is 8.40. The largest absolute Gasteiger partial charge is 0.417 e. The number of carbonyl (C=O) groups excluding carboxylic acids is 1. The summed E-state index contributed by atoms with van der Waals surface area (Å²) in [6.07, 6.45) is 0.528. The third kappa shape index (κ3) is 4.77. The van der Waals surface area contributed by atoms with E-state index >= 15 is 0 Å². The van der Waals surface area contributed by atoms with Gasteiger partial charge >= 0.3 is 6.18 Å². The number of alkyl halides is 3. The molecule has 1 saturated carbocycles. The van der Waals surface area contributed by atoms with Gasteiger partial charge in [-0.1, -0.05) is 30.3 Å². The van der Waals surface area contributed by atoms with Gasteiger partial charge in [0.15, 0.2) is 0 Å². The Labute approximate surface area is 191 Å². The molecule has 33 heavy (non-hydrogen) atoms. The number of piperidine rings is 1. The van der Waals surface area contributed by atoms with Crippen LogP contribution in [-0.2, 0) is 28.7 Å². The summed E-state index contributed by atoms with van der Waals surface area (Å²) in [4.78, 5) is 21.2. The van der Waals surface area contributed by atoms with Gasteiger partial charge in [-0.05, 0) is 49.8 Å². The number of benzene rings is 1. The van der Waals surface area contributed by atoms with Crippen molar-refractivity contribution < 1.29 is 22.7 Å². The molecule has 2 aromatic rings. The van der Waals surface area contributed by atoms with E-state index in [1.807, 2.05) is 6.07 Å². The van der Waals surface area contributed by atoms with Crippen LogP contribution in [0.2, 0.25) is 0 Å². The summed E-state index contributed by atoms with van der Waals surface area (Å²) in [7, 11) is 0. The van der Waals surface area contributed by atoms with Gasteiger partial charge in [-0.25, -0.2) is 0 Å². The standard InChI is InChI=1S/C25H28F3N3O2/c26-25(27,28)20-6-7-21(29-16-20)17-31-18-23(33-24(9-10-24)22(31)32)11-14-30(15-12-23)13-8-19-4-2-1-3-5-19/h1-7,16H,8-15,17-18H2. The third-order valence-corrected chi connectivity index (χ3v) is 7.10. The lowest BCUT2D eigenvalue weighted by Gasteiger charge is -2.50. The number of likely N-dealkylation sites (tertiary alicyclic amines) is 1. The number of rotatable bonds is 5. The van der Waals surface area contributed by atoms with E-state index in [1.54, 1.807) is 4.90 Å². The Kier molecular flexibility index (Phi) is 5.69. The predicted molar refractivity (Wildman–Crippen MR) is 116 cm³/mol. The summed E-state index contributed by atoms with van der Waals surface area (Å²) in [5.74, 6) is -0.0543. The average molecular weight is 460 g/mol. The van der Waals surface area contributed by atoms with E-state index < -0.39 is 17.3 Å². The van der Waals surface area contributed by atoms with Crippen LogP contribution in [0.4, 0.5) is 13.2 Å². The first kappa shape index (κ1) is 22.3. The minimum atomic E-state index is -4.42. The van der Waals surface area contributed by atoms with Gasteiger partial charge in [-0.2, -0.15) is 13.2 Å². The van der Waals surface area contributed by atoms with Crippen LogP contribution in [0.5, 0.6) is 0 Å². The van der Waals surface area contributed by atoms with Crippen molar-refractivity contribution in [1.29, 1.82) is 0 Å². The Morgan fingerprint density at radius 1 is 1.00 bits per heavy atom. The SMILES string of the molecule is O=C1N(Cc2ccc(C(F)(F)F)cn2)CC2(CCN(CCc3ccccc3)CC2)OC12CC2. The van der Waals surface area contributed by atoms with Gasteiger partial charge in [0.2, 0.25) is 0 Å². The monoisotopic (exact) mass is 459 g/mol. The number of halogens is 3. The molecule has 5 rings (SSSR count). The Bertz CT molecular complexity index is 982. The molecule has 0 N–H and O–H groups in total. The quantitative estimate of drug-likeness (QED) is 0.676. The van der Waals surface area contributed by atoms with Crippen molar-refractivity contribution in [3.63, 3.8) is 0 Å². The fraction of sp³-hybridized carbons (Fsp3) is 0.520. The summed E-state index contributed by atoms with van der Waals surface area (Å²) in [6.45, 7) is 3.47. The lowest BCUT2D eigenvalue weighted by molar-refractivity contribution is -0.201. The van der Waals surface area contributed by atoms with Crippen LogP contribution in [0.1, 0.15) is 42.5 Å². The summed E-state index contributed by atoms with van der Waals surface area (Å²) in [6, 6.07) is 12.8. The Hall–Kier alpha value is -2.45. The number of ether oxygens (including phenoxy) is 1. The fourth-order valence-corrected chi connectivity index (χ4v) is 5.01. The number of hydrogen-bond donors (Lipinski definition) is 0. The lowest BCUT2D eigenvalue weighted by Crippen LogP contribution is -2.62. The maximum Gasteiger partial charge on any atom is 0.417 e. The maximum absolute atomic E-state index is 13.1.